The molecule has 1 rings (SSSR count). The SMILES string of the molecule is Cc1cccc(CNC(=O)NCCCCCC(=O)O)c1. The lowest BCUT2D eigenvalue weighted by Crippen LogP contribution is -2.35. The van der Waals surface area contributed by atoms with Gasteiger partial charge >= 0.3 is 12.0 Å². The molecule has 5 heteroatoms. The standard InChI is InChI=1S/C15H22N2O3/c1-12-6-5-7-13(10-12)11-17-15(20)16-9-4-2-3-8-14(18)19/h5-7,10H,2-4,8-9,11H2,1H3,(H,18,19)(H2,16,17,20). The molecule has 0 saturated heterocycles. The van der Waals surface area contributed by atoms with Crippen LogP contribution in [0, 0.1) is 6.92 Å². The zero-order valence-corrected chi connectivity index (χ0v) is 11.8. The minimum atomic E-state index is -0.770. The zero-order chi connectivity index (χ0) is 14.8. The number of rotatable bonds is 8. The van der Waals surface area contributed by atoms with Crippen molar-refractivity contribution in [3.8, 4) is 0 Å². The number of nitrogens with one attached hydrogen (secondary N) is 2. The number of urea groups is 1. The summed E-state index contributed by atoms with van der Waals surface area (Å²) in [4.78, 5) is 21.8. The maximum atomic E-state index is 11.5. The van der Waals surface area contributed by atoms with E-state index in [1.165, 1.54) is 5.56 Å². The predicted molar refractivity (Wildman–Crippen MR) is 77.5 cm³/mol. The number of aryl methyl sites for hydroxylation is 1. The molecule has 1 aromatic rings. The van der Waals surface area contributed by atoms with Crippen molar-refractivity contribution in [2.24, 2.45) is 0 Å². The summed E-state index contributed by atoms with van der Waals surface area (Å²) >= 11 is 0. The van der Waals surface area contributed by atoms with Crippen LogP contribution in [0.5, 0.6) is 0 Å². The molecule has 0 unspecified atom stereocenters. The van der Waals surface area contributed by atoms with Gasteiger partial charge in [-0.3, -0.25) is 4.79 Å². The van der Waals surface area contributed by atoms with Gasteiger partial charge < -0.3 is 15.7 Å². The van der Waals surface area contributed by atoms with E-state index in [-0.39, 0.29) is 12.5 Å². The molecule has 0 saturated carbocycles. The largest absolute Gasteiger partial charge is 0.481 e. The van der Waals surface area contributed by atoms with Gasteiger partial charge in [-0.05, 0) is 25.3 Å². The predicted octanol–water partition coefficient (Wildman–Crippen LogP) is 2.44. The Morgan fingerprint density at radius 2 is 1.95 bits per heavy atom. The van der Waals surface area contributed by atoms with Crippen molar-refractivity contribution >= 4 is 12.0 Å². The van der Waals surface area contributed by atoms with E-state index in [1.54, 1.807) is 0 Å². The van der Waals surface area contributed by atoms with E-state index in [2.05, 4.69) is 10.6 Å². The van der Waals surface area contributed by atoms with Crippen LogP contribution < -0.4 is 10.6 Å². The van der Waals surface area contributed by atoms with Crippen LogP contribution in [-0.2, 0) is 11.3 Å². The normalized spacial score (nSPS) is 10.1. The van der Waals surface area contributed by atoms with E-state index < -0.39 is 5.97 Å². The Morgan fingerprint density at radius 1 is 1.15 bits per heavy atom. The van der Waals surface area contributed by atoms with Crippen molar-refractivity contribution in [1.82, 2.24) is 10.6 Å². The van der Waals surface area contributed by atoms with Crippen LogP contribution in [0.1, 0.15) is 36.8 Å². The van der Waals surface area contributed by atoms with Crippen molar-refractivity contribution in [3.63, 3.8) is 0 Å². The summed E-state index contributed by atoms with van der Waals surface area (Å²) in [5.41, 5.74) is 2.24. The third kappa shape index (κ3) is 7.41. The number of carbonyl (C=O) groups is 2. The number of carboxylic acid groups (broad SMARTS) is 1. The topological polar surface area (TPSA) is 78.4 Å². The van der Waals surface area contributed by atoms with Crippen molar-refractivity contribution in [2.45, 2.75) is 39.2 Å². The molecule has 0 aliphatic rings. The van der Waals surface area contributed by atoms with E-state index in [9.17, 15) is 9.59 Å². The molecule has 0 aliphatic heterocycles. The summed E-state index contributed by atoms with van der Waals surface area (Å²) in [6, 6.07) is 7.79. The molecule has 3 N–H and O–H groups in total. The second-order valence-electron chi connectivity index (χ2n) is 4.80. The van der Waals surface area contributed by atoms with Gasteiger partial charge in [0.25, 0.3) is 0 Å². The zero-order valence-electron chi connectivity index (χ0n) is 11.8. The van der Waals surface area contributed by atoms with Gasteiger partial charge in [0.2, 0.25) is 0 Å². The Morgan fingerprint density at radius 3 is 2.65 bits per heavy atom. The number of carbonyl (C=O) groups excluding carboxylic acids is 1. The molecule has 0 radical (unpaired) electrons. The highest BCUT2D eigenvalue weighted by Gasteiger charge is 2.00. The lowest BCUT2D eigenvalue weighted by Gasteiger charge is -2.08. The Balaban J connectivity index is 2.07. The molecule has 0 bridgehead atoms. The number of unbranched alkanes of at least 4 members (excludes halogenated alkanes) is 2. The number of aliphatic carboxylic acids is 1. The van der Waals surface area contributed by atoms with Gasteiger partial charge in [-0.1, -0.05) is 36.2 Å². The molecule has 0 spiro atoms. The molecule has 0 aliphatic carbocycles. The first-order valence-corrected chi connectivity index (χ1v) is 6.87. The Bertz CT molecular complexity index is 446. The van der Waals surface area contributed by atoms with Gasteiger partial charge in [0, 0.05) is 19.5 Å². The number of hydrogen-bond acceptors (Lipinski definition) is 2. The van der Waals surface area contributed by atoms with Crippen molar-refractivity contribution in [2.75, 3.05) is 6.54 Å². The van der Waals surface area contributed by atoms with Gasteiger partial charge in [-0.25, -0.2) is 4.79 Å². The van der Waals surface area contributed by atoms with E-state index >= 15 is 0 Å². The molecule has 2 amide bonds. The van der Waals surface area contributed by atoms with Crippen molar-refractivity contribution in [1.29, 1.82) is 0 Å². The molecule has 5 nitrogen and oxygen atoms in total. The Labute approximate surface area is 119 Å². The van der Waals surface area contributed by atoms with Gasteiger partial charge in [-0.2, -0.15) is 0 Å². The van der Waals surface area contributed by atoms with Crippen LogP contribution in [-0.4, -0.2) is 23.7 Å². The van der Waals surface area contributed by atoms with Gasteiger partial charge in [-0.15, -0.1) is 0 Å². The highest BCUT2D eigenvalue weighted by atomic mass is 16.4. The average molecular weight is 278 g/mol. The van der Waals surface area contributed by atoms with Gasteiger partial charge in [0.15, 0.2) is 0 Å². The smallest absolute Gasteiger partial charge is 0.315 e. The fraction of sp³-hybridized carbons (Fsp3) is 0.467. The summed E-state index contributed by atoms with van der Waals surface area (Å²) in [6.45, 7) is 3.09. The van der Waals surface area contributed by atoms with E-state index in [0.717, 1.165) is 18.4 Å². The minimum absolute atomic E-state index is 0.190. The monoisotopic (exact) mass is 278 g/mol. The van der Waals surface area contributed by atoms with Crippen molar-refractivity contribution in [3.05, 3.63) is 35.4 Å². The molecule has 0 heterocycles. The summed E-state index contributed by atoms with van der Waals surface area (Å²) in [5.74, 6) is -0.770. The van der Waals surface area contributed by atoms with Crippen LogP contribution in [0.3, 0.4) is 0 Å². The van der Waals surface area contributed by atoms with Crippen LogP contribution in [0.15, 0.2) is 24.3 Å². The quantitative estimate of drug-likeness (QED) is 0.639. The van der Waals surface area contributed by atoms with Crippen LogP contribution in [0.4, 0.5) is 4.79 Å². The lowest BCUT2D eigenvalue weighted by molar-refractivity contribution is -0.137. The van der Waals surface area contributed by atoms with Gasteiger partial charge in [0.1, 0.15) is 0 Å². The maximum Gasteiger partial charge on any atom is 0.315 e. The fourth-order valence-corrected chi connectivity index (χ4v) is 1.85. The first-order chi connectivity index (χ1) is 9.58. The highest BCUT2D eigenvalue weighted by molar-refractivity contribution is 5.73. The minimum Gasteiger partial charge on any atom is -0.481 e. The number of amides is 2. The Kier molecular flexibility index (Phi) is 7.17. The average Bonchev–Trinajstić information content (AvgIpc) is 2.40. The molecular weight excluding hydrogens is 256 g/mol. The lowest BCUT2D eigenvalue weighted by atomic mass is 10.1. The number of carboxylic acids is 1. The molecule has 1 aromatic carbocycles. The fourth-order valence-electron chi connectivity index (χ4n) is 1.85. The Hall–Kier alpha value is -2.04. The van der Waals surface area contributed by atoms with Crippen LogP contribution >= 0.6 is 0 Å². The summed E-state index contributed by atoms with van der Waals surface area (Å²) in [5, 5.41) is 14.0. The summed E-state index contributed by atoms with van der Waals surface area (Å²) < 4.78 is 0. The third-order valence-corrected chi connectivity index (χ3v) is 2.89. The molecule has 0 atom stereocenters. The number of hydrogen-bond donors (Lipinski definition) is 3. The first kappa shape index (κ1) is 16.0. The molecule has 110 valence electrons. The molecule has 0 aromatic heterocycles. The summed E-state index contributed by atoms with van der Waals surface area (Å²) in [7, 11) is 0. The van der Waals surface area contributed by atoms with Gasteiger partial charge in [0.05, 0.1) is 0 Å². The molecular formula is C15H22N2O3. The van der Waals surface area contributed by atoms with Crippen LogP contribution in [0.2, 0.25) is 0 Å². The van der Waals surface area contributed by atoms with E-state index in [4.69, 9.17) is 5.11 Å². The maximum absolute atomic E-state index is 11.5. The van der Waals surface area contributed by atoms with E-state index in [1.807, 2.05) is 31.2 Å². The third-order valence-electron chi connectivity index (χ3n) is 2.89. The second kappa shape index (κ2) is 8.96. The van der Waals surface area contributed by atoms with Crippen LogP contribution in [0.25, 0.3) is 0 Å². The second-order valence-corrected chi connectivity index (χ2v) is 4.80. The highest BCUT2D eigenvalue weighted by Crippen LogP contribution is 2.03. The number of benzene rings is 1. The van der Waals surface area contributed by atoms with E-state index in [0.29, 0.717) is 19.5 Å². The first-order valence-electron chi connectivity index (χ1n) is 6.87. The molecule has 0 fully saturated rings. The van der Waals surface area contributed by atoms with Crippen molar-refractivity contribution < 1.29 is 14.7 Å². The summed E-state index contributed by atoms with van der Waals surface area (Å²) in [6.07, 6.45) is 2.46. The molecule has 20 heavy (non-hydrogen) atoms.